The average Bonchev–Trinajstić information content (AvgIpc) is 3.25. The molecule has 1 amide bonds. The first-order valence-electron chi connectivity index (χ1n) is 9.23. The van der Waals surface area contributed by atoms with Crippen LogP contribution in [0.15, 0.2) is 48.5 Å². The fourth-order valence-corrected chi connectivity index (χ4v) is 4.15. The maximum atomic E-state index is 12.6. The summed E-state index contributed by atoms with van der Waals surface area (Å²) in [5, 5.41) is 9.33. The average molecular weight is 403 g/mol. The largest absolute Gasteiger partial charge is 0.480 e. The summed E-state index contributed by atoms with van der Waals surface area (Å²) in [6, 6.07) is 14.4. The lowest BCUT2D eigenvalue weighted by Crippen LogP contribution is -2.41. The van der Waals surface area contributed by atoms with Crippen molar-refractivity contribution in [3.05, 3.63) is 59.7 Å². The molecule has 2 aromatic rings. The molecule has 0 radical (unpaired) electrons. The van der Waals surface area contributed by atoms with Gasteiger partial charge in [-0.05, 0) is 22.3 Å². The van der Waals surface area contributed by atoms with Gasteiger partial charge in [0.05, 0.1) is 12.6 Å². The SMILES string of the molecule is O=C(O)[C@@H]1C[C@@H](OC(F)F)CN1C(=O)OCC1c2ccccc2-c2ccccc21. The van der Waals surface area contributed by atoms with Gasteiger partial charge in [0.15, 0.2) is 0 Å². The van der Waals surface area contributed by atoms with Crippen molar-refractivity contribution in [1.82, 2.24) is 4.90 Å². The van der Waals surface area contributed by atoms with Crippen LogP contribution < -0.4 is 0 Å². The predicted octanol–water partition coefficient (Wildman–Crippen LogP) is 3.70. The molecule has 6 nitrogen and oxygen atoms in total. The van der Waals surface area contributed by atoms with Gasteiger partial charge in [-0.2, -0.15) is 8.78 Å². The molecule has 2 atom stereocenters. The Bertz CT molecular complexity index is 889. The molecule has 1 N–H and O–H groups in total. The standard InChI is InChI=1S/C21H19F2NO5/c22-20(23)29-12-9-18(19(25)26)24(10-12)21(27)28-11-17-15-7-3-1-5-13(15)14-6-2-4-8-16(14)17/h1-8,12,17-18,20H,9-11H2,(H,25,26)/t12-,18+/m1/s1. The molecule has 1 fully saturated rings. The highest BCUT2D eigenvalue weighted by atomic mass is 19.3. The lowest BCUT2D eigenvalue weighted by Gasteiger charge is -2.22. The summed E-state index contributed by atoms with van der Waals surface area (Å²) in [6.45, 7) is -3.26. The van der Waals surface area contributed by atoms with Crippen molar-refractivity contribution in [3.8, 4) is 11.1 Å². The Kier molecular flexibility index (Phi) is 5.19. The molecule has 0 aromatic heterocycles. The van der Waals surface area contributed by atoms with E-state index in [1.807, 2.05) is 48.5 Å². The molecule has 0 bridgehead atoms. The summed E-state index contributed by atoms with van der Waals surface area (Å²) in [5.74, 6) is -1.45. The molecule has 29 heavy (non-hydrogen) atoms. The molecule has 0 unspecified atom stereocenters. The second kappa shape index (κ2) is 7.79. The van der Waals surface area contributed by atoms with Gasteiger partial charge in [0, 0.05) is 12.3 Å². The molecular weight excluding hydrogens is 384 g/mol. The lowest BCUT2D eigenvalue weighted by molar-refractivity contribution is -0.159. The van der Waals surface area contributed by atoms with Crippen LogP contribution in [0.1, 0.15) is 23.5 Å². The molecule has 1 aliphatic carbocycles. The molecule has 0 saturated carbocycles. The lowest BCUT2D eigenvalue weighted by atomic mass is 9.98. The van der Waals surface area contributed by atoms with Gasteiger partial charge in [0.25, 0.3) is 0 Å². The number of likely N-dealkylation sites (tertiary alicyclic amines) is 1. The van der Waals surface area contributed by atoms with Gasteiger partial charge in [0.1, 0.15) is 12.6 Å². The van der Waals surface area contributed by atoms with Crippen LogP contribution in [0, 0.1) is 0 Å². The topological polar surface area (TPSA) is 76.1 Å². The first kappa shape index (κ1) is 19.3. The van der Waals surface area contributed by atoms with Crippen LogP contribution in [0.25, 0.3) is 11.1 Å². The molecule has 2 aliphatic rings. The number of halogens is 2. The number of hydrogen-bond acceptors (Lipinski definition) is 4. The number of carboxylic acids is 1. The highest BCUT2D eigenvalue weighted by molar-refractivity contribution is 5.81. The van der Waals surface area contributed by atoms with E-state index in [9.17, 15) is 23.5 Å². The molecule has 1 saturated heterocycles. The summed E-state index contributed by atoms with van der Waals surface area (Å²) in [7, 11) is 0. The Morgan fingerprint density at radius 3 is 2.21 bits per heavy atom. The Labute approximate surface area is 165 Å². The zero-order valence-corrected chi connectivity index (χ0v) is 15.3. The fraction of sp³-hybridized carbons (Fsp3) is 0.333. The van der Waals surface area contributed by atoms with E-state index in [1.165, 1.54) is 0 Å². The van der Waals surface area contributed by atoms with Crippen molar-refractivity contribution in [1.29, 1.82) is 0 Å². The van der Waals surface area contributed by atoms with Crippen LogP contribution in [0.5, 0.6) is 0 Å². The van der Waals surface area contributed by atoms with Crippen molar-refractivity contribution in [2.75, 3.05) is 13.2 Å². The normalized spacial score (nSPS) is 20.6. The number of alkyl halides is 2. The van der Waals surface area contributed by atoms with Gasteiger partial charge >= 0.3 is 18.7 Å². The van der Waals surface area contributed by atoms with Crippen molar-refractivity contribution in [3.63, 3.8) is 0 Å². The van der Waals surface area contributed by atoms with Gasteiger partial charge in [-0.15, -0.1) is 0 Å². The second-order valence-electron chi connectivity index (χ2n) is 7.06. The van der Waals surface area contributed by atoms with E-state index < -0.39 is 30.8 Å². The van der Waals surface area contributed by atoms with Crippen LogP contribution in [0.2, 0.25) is 0 Å². The number of rotatable bonds is 5. The number of amides is 1. The molecule has 1 heterocycles. The molecule has 4 rings (SSSR count). The number of carbonyl (C=O) groups is 2. The number of benzene rings is 2. The predicted molar refractivity (Wildman–Crippen MR) is 98.7 cm³/mol. The summed E-state index contributed by atoms with van der Waals surface area (Å²) in [5.41, 5.74) is 4.19. The number of nitrogens with zero attached hydrogens (tertiary/aromatic N) is 1. The fourth-order valence-electron chi connectivity index (χ4n) is 4.15. The smallest absolute Gasteiger partial charge is 0.410 e. The second-order valence-corrected chi connectivity index (χ2v) is 7.06. The van der Waals surface area contributed by atoms with Gasteiger partial charge in [-0.3, -0.25) is 4.90 Å². The minimum Gasteiger partial charge on any atom is -0.480 e. The number of carboxylic acid groups (broad SMARTS) is 1. The minimum absolute atomic E-state index is 0.0239. The highest BCUT2D eigenvalue weighted by Crippen LogP contribution is 2.44. The maximum absolute atomic E-state index is 12.6. The van der Waals surface area contributed by atoms with Gasteiger partial charge < -0.3 is 14.6 Å². The molecule has 2 aromatic carbocycles. The third-order valence-corrected chi connectivity index (χ3v) is 5.41. The zero-order chi connectivity index (χ0) is 20.5. The van der Waals surface area contributed by atoms with Crippen LogP contribution in [0.3, 0.4) is 0 Å². The van der Waals surface area contributed by atoms with E-state index in [0.29, 0.717) is 0 Å². The summed E-state index contributed by atoms with van der Waals surface area (Å²) in [4.78, 5) is 25.0. The monoisotopic (exact) mass is 403 g/mol. The molecule has 8 heteroatoms. The Balaban J connectivity index is 1.49. The Morgan fingerprint density at radius 1 is 1.07 bits per heavy atom. The molecule has 152 valence electrons. The van der Waals surface area contributed by atoms with Crippen LogP contribution in [-0.2, 0) is 14.3 Å². The van der Waals surface area contributed by atoms with Crippen molar-refractivity contribution >= 4 is 12.1 Å². The van der Waals surface area contributed by atoms with E-state index in [4.69, 9.17) is 4.74 Å². The van der Waals surface area contributed by atoms with Crippen LogP contribution in [-0.4, -0.2) is 54.0 Å². The highest BCUT2D eigenvalue weighted by Gasteiger charge is 2.42. The molecule has 0 spiro atoms. The zero-order valence-electron chi connectivity index (χ0n) is 15.3. The van der Waals surface area contributed by atoms with Crippen molar-refractivity contribution in [2.45, 2.75) is 31.1 Å². The summed E-state index contributed by atoms with van der Waals surface area (Å²) < 4.78 is 34.8. The quantitative estimate of drug-likeness (QED) is 0.824. The number of aliphatic carboxylic acids is 1. The maximum Gasteiger partial charge on any atom is 0.410 e. The summed E-state index contributed by atoms with van der Waals surface area (Å²) in [6.07, 6.45) is -2.10. The van der Waals surface area contributed by atoms with Gasteiger partial charge in [0.2, 0.25) is 0 Å². The van der Waals surface area contributed by atoms with Crippen LogP contribution >= 0.6 is 0 Å². The first-order valence-corrected chi connectivity index (χ1v) is 9.23. The third-order valence-electron chi connectivity index (χ3n) is 5.41. The molecular formula is C21H19F2NO5. The number of hydrogen-bond donors (Lipinski definition) is 1. The third kappa shape index (κ3) is 3.67. The molecule has 1 aliphatic heterocycles. The van der Waals surface area contributed by atoms with Crippen molar-refractivity contribution < 1.29 is 33.0 Å². The minimum atomic E-state index is -3.03. The number of ether oxygens (including phenoxy) is 2. The Hall–Kier alpha value is -3.00. The van der Waals surface area contributed by atoms with E-state index in [1.54, 1.807) is 0 Å². The van der Waals surface area contributed by atoms with E-state index in [2.05, 4.69) is 4.74 Å². The van der Waals surface area contributed by atoms with Crippen molar-refractivity contribution in [2.24, 2.45) is 0 Å². The van der Waals surface area contributed by atoms with E-state index in [-0.39, 0.29) is 25.5 Å². The number of fused-ring (bicyclic) bond motifs is 3. The van der Waals surface area contributed by atoms with Gasteiger partial charge in [-0.1, -0.05) is 48.5 Å². The first-order chi connectivity index (χ1) is 14.0. The van der Waals surface area contributed by atoms with Crippen LogP contribution in [0.4, 0.5) is 13.6 Å². The Morgan fingerprint density at radius 2 is 1.66 bits per heavy atom. The van der Waals surface area contributed by atoms with E-state index >= 15 is 0 Å². The van der Waals surface area contributed by atoms with E-state index in [0.717, 1.165) is 27.2 Å². The number of carbonyl (C=O) groups excluding carboxylic acids is 1. The van der Waals surface area contributed by atoms with Gasteiger partial charge in [-0.25, -0.2) is 9.59 Å². The summed E-state index contributed by atoms with van der Waals surface area (Å²) >= 11 is 0.